The molecular formula is C17H23N. The first-order valence-electron chi connectivity index (χ1n) is 7.36. The molecule has 2 fully saturated rings. The first kappa shape index (κ1) is 12.0. The van der Waals surface area contributed by atoms with E-state index in [1.165, 1.54) is 37.8 Å². The molecule has 0 aromatic heterocycles. The fraction of sp³-hybridized carbons (Fsp3) is 0.529. The summed E-state index contributed by atoms with van der Waals surface area (Å²) < 4.78 is 0. The highest BCUT2D eigenvalue weighted by Gasteiger charge is 2.40. The van der Waals surface area contributed by atoms with Gasteiger partial charge in [0.1, 0.15) is 0 Å². The van der Waals surface area contributed by atoms with Gasteiger partial charge in [0, 0.05) is 6.54 Å². The molecule has 2 aliphatic carbocycles. The molecule has 0 unspecified atom stereocenters. The van der Waals surface area contributed by atoms with Crippen LogP contribution < -0.4 is 5.32 Å². The molecule has 1 aromatic rings. The molecule has 0 bridgehead atoms. The topological polar surface area (TPSA) is 12.0 Å². The van der Waals surface area contributed by atoms with Crippen molar-refractivity contribution in [3.8, 4) is 0 Å². The molecule has 1 N–H and O–H groups in total. The lowest BCUT2D eigenvalue weighted by Crippen LogP contribution is -2.25. The molecule has 1 heteroatoms. The van der Waals surface area contributed by atoms with E-state index < -0.39 is 0 Å². The average Bonchev–Trinajstić information content (AvgIpc) is 3.29. The predicted molar refractivity (Wildman–Crippen MR) is 77.3 cm³/mol. The Morgan fingerprint density at radius 2 is 1.72 bits per heavy atom. The van der Waals surface area contributed by atoms with Gasteiger partial charge in [-0.1, -0.05) is 42.5 Å². The minimum absolute atomic E-state index is 0.982. The SMILES string of the molecule is C(=Cc1ccccc1)CNCC(C1CC1)C1CC1. The number of hydrogen-bond acceptors (Lipinski definition) is 1. The summed E-state index contributed by atoms with van der Waals surface area (Å²) in [5.41, 5.74) is 1.29. The van der Waals surface area contributed by atoms with Gasteiger partial charge in [-0.25, -0.2) is 0 Å². The third-order valence-electron chi connectivity index (χ3n) is 4.21. The molecule has 0 spiro atoms. The molecule has 1 nitrogen and oxygen atoms in total. The standard InChI is InChI=1S/C17H23N/c1-2-5-14(6-3-1)7-4-12-18-13-17(15-8-9-15)16-10-11-16/h1-7,15-18H,8-13H2. The van der Waals surface area contributed by atoms with E-state index >= 15 is 0 Å². The van der Waals surface area contributed by atoms with E-state index in [-0.39, 0.29) is 0 Å². The van der Waals surface area contributed by atoms with Crippen LogP contribution in [0.1, 0.15) is 31.2 Å². The summed E-state index contributed by atoms with van der Waals surface area (Å²) >= 11 is 0. The summed E-state index contributed by atoms with van der Waals surface area (Å²) in [5, 5.41) is 3.61. The third-order valence-corrected chi connectivity index (χ3v) is 4.21. The summed E-state index contributed by atoms with van der Waals surface area (Å²) in [7, 11) is 0. The molecule has 2 aliphatic rings. The van der Waals surface area contributed by atoms with Gasteiger partial charge >= 0.3 is 0 Å². The zero-order valence-electron chi connectivity index (χ0n) is 11.0. The monoisotopic (exact) mass is 241 g/mol. The first-order valence-corrected chi connectivity index (χ1v) is 7.36. The molecule has 2 saturated carbocycles. The Morgan fingerprint density at radius 1 is 1.06 bits per heavy atom. The summed E-state index contributed by atoms with van der Waals surface area (Å²) in [6.07, 6.45) is 10.4. The van der Waals surface area contributed by atoms with Crippen molar-refractivity contribution in [3.63, 3.8) is 0 Å². The van der Waals surface area contributed by atoms with E-state index in [4.69, 9.17) is 0 Å². The van der Waals surface area contributed by atoms with Gasteiger partial charge in [-0.3, -0.25) is 0 Å². The average molecular weight is 241 g/mol. The van der Waals surface area contributed by atoms with Crippen molar-refractivity contribution in [2.75, 3.05) is 13.1 Å². The van der Waals surface area contributed by atoms with E-state index in [1.807, 2.05) is 0 Å². The van der Waals surface area contributed by atoms with Crippen molar-refractivity contribution in [2.24, 2.45) is 17.8 Å². The van der Waals surface area contributed by atoms with Gasteiger partial charge in [-0.2, -0.15) is 0 Å². The van der Waals surface area contributed by atoms with E-state index in [9.17, 15) is 0 Å². The predicted octanol–water partition coefficient (Wildman–Crippen LogP) is 3.73. The lowest BCUT2D eigenvalue weighted by molar-refractivity contribution is 0.386. The van der Waals surface area contributed by atoms with Crippen LogP contribution in [-0.4, -0.2) is 13.1 Å². The maximum absolute atomic E-state index is 3.61. The number of nitrogens with one attached hydrogen (secondary N) is 1. The molecule has 0 heterocycles. The van der Waals surface area contributed by atoms with Crippen LogP contribution in [0.15, 0.2) is 36.4 Å². The van der Waals surface area contributed by atoms with E-state index in [0.717, 1.165) is 24.3 Å². The lowest BCUT2D eigenvalue weighted by atomic mass is 9.98. The molecule has 0 radical (unpaired) electrons. The first-order chi connectivity index (χ1) is 8.93. The lowest BCUT2D eigenvalue weighted by Gasteiger charge is -2.15. The second kappa shape index (κ2) is 5.71. The summed E-state index contributed by atoms with van der Waals surface area (Å²) in [6.45, 7) is 2.24. The second-order valence-corrected chi connectivity index (χ2v) is 5.81. The Labute approximate surface area is 110 Å². The van der Waals surface area contributed by atoms with Crippen LogP contribution >= 0.6 is 0 Å². The Bertz CT molecular complexity index is 375. The molecule has 1 aromatic carbocycles. The summed E-state index contributed by atoms with van der Waals surface area (Å²) in [4.78, 5) is 0. The van der Waals surface area contributed by atoms with Crippen LogP contribution in [0.4, 0.5) is 0 Å². The molecule has 0 aliphatic heterocycles. The highest BCUT2D eigenvalue weighted by Crippen LogP contribution is 2.48. The largest absolute Gasteiger partial charge is 0.313 e. The second-order valence-electron chi connectivity index (χ2n) is 5.81. The zero-order valence-corrected chi connectivity index (χ0v) is 11.0. The molecule has 0 amide bonds. The van der Waals surface area contributed by atoms with Gasteiger partial charge in [-0.15, -0.1) is 0 Å². The summed E-state index contributed by atoms with van der Waals surface area (Å²) in [5.74, 6) is 3.10. The van der Waals surface area contributed by atoms with Gasteiger partial charge in [0.25, 0.3) is 0 Å². The van der Waals surface area contributed by atoms with Crippen LogP contribution in [-0.2, 0) is 0 Å². The Balaban J connectivity index is 1.38. The van der Waals surface area contributed by atoms with Crippen LogP contribution in [0.3, 0.4) is 0 Å². The molecule has 3 rings (SSSR count). The van der Waals surface area contributed by atoms with Crippen molar-refractivity contribution >= 4 is 6.08 Å². The van der Waals surface area contributed by atoms with Gasteiger partial charge in [0.05, 0.1) is 0 Å². The van der Waals surface area contributed by atoms with Crippen LogP contribution in [0.2, 0.25) is 0 Å². The minimum atomic E-state index is 0.982. The fourth-order valence-electron chi connectivity index (χ4n) is 2.86. The van der Waals surface area contributed by atoms with E-state index in [2.05, 4.69) is 47.8 Å². The van der Waals surface area contributed by atoms with Crippen molar-refractivity contribution in [1.29, 1.82) is 0 Å². The Hall–Kier alpha value is -1.08. The number of benzene rings is 1. The normalized spacial score (nSPS) is 19.8. The van der Waals surface area contributed by atoms with Crippen LogP contribution in [0, 0.1) is 17.8 Å². The quantitative estimate of drug-likeness (QED) is 0.717. The molecule has 0 atom stereocenters. The highest BCUT2D eigenvalue weighted by molar-refractivity contribution is 5.48. The van der Waals surface area contributed by atoms with E-state index in [0.29, 0.717) is 0 Å². The molecule has 0 saturated heterocycles. The summed E-state index contributed by atoms with van der Waals surface area (Å²) in [6, 6.07) is 10.5. The highest BCUT2D eigenvalue weighted by atomic mass is 14.9. The van der Waals surface area contributed by atoms with Crippen molar-refractivity contribution < 1.29 is 0 Å². The van der Waals surface area contributed by atoms with Crippen LogP contribution in [0.25, 0.3) is 6.08 Å². The minimum Gasteiger partial charge on any atom is -0.313 e. The van der Waals surface area contributed by atoms with Gasteiger partial charge in [-0.05, 0) is 55.5 Å². The number of rotatable bonds is 7. The van der Waals surface area contributed by atoms with Crippen molar-refractivity contribution in [3.05, 3.63) is 42.0 Å². The van der Waals surface area contributed by atoms with Crippen molar-refractivity contribution in [2.45, 2.75) is 25.7 Å². The van der Waals surface area contributed by atoms with Gasteiger partial charge in [0.2, 0.25) is 0 Å². The molecule has 18 heavy (non-hydrogen) atoms. The van der Waals surface area contributed by atoms with Crippen molar-refractivity contribution in [1.82, 2.24) is 5.32 Å². The Morgan fingerprint density at radius 3 is 2.33 bits per heavy atom. The van der Waals surface area contributed by atoms with Crippen LogP contribution in [0.5, 0.6) is 0 Å². The third kappa shape index (κ3) is 3.46. The maximum atomic E-state index is 3.61. The molecule has 96 valence electrons. The fourth-order valence-corrected chi connectivity index (χ4v) is 2.86. The maximum Gasteiger partial charge on any atom is 0.0138 e. The zero-order chi connectivity index (χ0) is 12.2. The molecular weight excluding hydrogens is 218 g/mol. The van der Waals surface area contributed by atoms with E-state index in [1.54, 1.807) is 0 Å². The van der Waals surface area contributed by atoms with Gasteiger partial charge < -0.3 is 5.32 Å². The number of hydrogen-bond donors (Lipinski definition) is 1. The Kier molecular flexibility index (Phi) is 3.80. The smallest absolute Gasteiger partial charge is 0.0138 e. The van der Waals surface area contributed by atoms with Gasteiger partial charge in [0.15, 0.2) is 0 Å².